The fourth-order valence-electron chi connectivity index (χ4n) is 2.74. The van der Waals surface area contributed by atoms with Crippen LogP contribution in [0.1, 0.15) is 24.6 Å². The number of hydrazine groups is 1. The van der Waals surface area contributed by atoms with Gasteiger partial charge in [0.05, 0.1) is 11.5 Å². The number of piperidine rings is 1. The Kier molecular flexibility index (Phi) is 4.23. The van der Waals surface area contributed by atoms with Gasteiger partial charge in [-0.2, -0.15) is 4.98 Å². The molecule has 1 fully saturated rings. The highest BCUT2D eigenvalue weighted by molar-refractivity contribution is 7.18. The van der Waals surface area contributed by atoms with Crippen LogP contribution in [0.15, 0.2) is 6.07 Å². The normalized spacial score (nSPS) is 16.6. The van der Waals surface area contributed by atoms with Crippen molar-refractivity contribution in [3.8, 4) is 0 Å². The van der Waals surface area contributed by atoms with Crippen molar-refractivity contribution in [1.29, 1.82) is 0 Å². The van der Waals surface area contributed by atoms with Gasteiger partial charge in [-0.3, -0.25) is 5.43 Å². The lowest BCUT2D eigenvalue weighted by Crippen LogP contribution is -2.37. The smallest absolute Gasteiger partial charge is 0.240 e. The molecule has 0 unspecified atom stereocenters. The summed E-state index contributed by atoms with van der Waals surface area (Å²) in [5.74, 6) is 6.98. The van der Waals surface area contributed by atoms with Crippen LogP contribution in [0.2, 0.25) is 0 Å². The maximum Gasteiger partial charge on any atom is 0.240 e. The van der Waals surface area contributed by atoms with Crippen molar-refractivity contribution in [3.63, 3.8) is 0 Å². The van der Waals surface area contributed by atoms with Crippen molar-refractivity contribution in [3.05, 3.63) is 10.9 Å². The molecular formula is C14H21N5OS. The summed E-state index contributed by atoms with van der Waals surface area (Å²) in [6.07, 6.45) is 3.42. The number of aryl methyl sites for hydroxylation is 1. The molecule has 0 aromatic carbocycles. The minimum Gasteiger partial charge on any atom is -0.381 e. The minimum atomic E-state index is 0.361. The number of methoxy groups -OCH3 is 1. The average Bonchev–Trinajstić information content (AvgIpc) is 2.97. The zero-order chi connectivity index (χ0) is 14.8. The van der Waals surface area contributed by atoms with Crippen LogP contribution in [-0.4, -0.2) is 36.3 Å². The molecule has 3 heterocycles. The number of hydrogen-bond acceptors (Lipinski definition) is 7. The van der Waals surface area contributed by atoms with Crippen molar-refractivity contribution < 1.29 is 4.74 Å². The van der Waals surface area contributed by atoms with Crippen LogP contribution in [0.25, 0.3) is 10.2 Å². The predicted molar refractivity (Wildman–Crippen MR) is 86.8 cm³/mol. The van der Waals surface area contributed by atoms with Crippen LogP contribution in [-0.2, 0) is 11.2 Å². The third-order valence-corrected chi connectivity index (χ3v) is 5.15. The van der Waals surface area contributed by atoms with Gasteiger partial charge in [0.1, 0.15) is 10.6 Å². The van der Waals surface area contributed by atoms with E-state index >= 15 is 0 Å². The van der Waals surface area contributed by atoms with Gasteiger partial charge in [0.15, 0.2) is 0 Å². The fourth-order valence-corrected chi connectivity index (χ4v) is 3.70. The first-order valence-electron chi connectivity index (χ1n) is 7.30. The van der Waals surface area contributed by atoms with Gasteiger partial charge in [-0.05, 0) is 25.3 Å². The minimum absolute atomic E-state index is 0.361. The maximum atomic E-state index is 5.51. The van der Waals surface area contributed by atoms with Crippen molar-refractivity contribution in [2.45, 2.75) is 32.3 Å². The Labute approximate surface area is 128 Å². The van der Waals surface area contributed by atoms with Gasteiger partial charge in [0.2, 0.25) is 5.95 Å². The SMILES string of the molecule is CCc1cc2c(N3CCC(OC)CC3)nc(NN)nc2s1. The number of hydrogen-bond donors (Lipinski definition) is 2. The summed E-state index contributed by atoms with van der Waals surface area (Å²) < 4.78 is 5.44. The van der Waals surface area contributed by atoms with Crippen molar-refractivity contribution in [2.24, 2.45) is 5.84 Å². The molecule has 0 amide bonds. The third-order valence-electron chi connectivity index (χ3n) is 3.98. The van der Waals surface area contributed by atoms with Crippen LogP contribution in [0.5, 0.6) is 0 Å². The Morgan fingerprint density at radius 3 is 2.81 bits per heavy atom. The molecule has 0 atom stereocenters. The zero-order valence-electron chi connectivity index (χ0n) is 12.4. The van der Waals surface area contributed by atoms with E-state index in [2.05, 4.69) is 33.3 Å². The monoisotopic (exact) mass is 307 g/mol. The molecule has 0 radical (unpaired) electrons. The summed E-state index contributed by atoms with van der Waals surface area (Å²) in [5, 5.41) is 1.13. The Morgan fingerprint density at radius 1 is 1.43 bits per heavy atom. The van der Waals surface area contributed by atoms with Gasteiger partial charge in [-0.1, -0.05) is 6.92 Å². The van der Waals surface area contributed by atoms with Gasteiger partial charge >= 0.3 is 0 Å². The molecule has 1 aliphatic rings. The van der Waals surface area contributed by atoms with Gasteiger partial charge in [-0.15, -0.1) is 11.3 Å². The summed E-state index contributed by atoms with van der Waals surface area (Å²) in [5.41, 5.74) is 2.58. The van der Waals surface area contributed by atoms with E-state index in [4.69, 9.17) is 10.6 Å². The predicted octanol–water partition coefficient (Wildman–Crippen LogP) is 2.15. The first-order valence-corrected chi connectivity index (χ1v) is 8.11. The lowest BCUT2D eigenvalue weighted by Gasteiger charge is -2.32. The third kappa shape index (κ3) is 2.81. The van der Waals surface area contributed by atoms with Crippen LogP contribution >= 0.6 is 11.3 Å². The van der Waals surface area contributed by atoms with E-state index < -0.39 is 0 Å². The van der Waals surface area contributed by atoms with Gasteiger partial charge in [-0.25, -0.2) is 10.8 Å². The molecule has 1 aliphatic heterocycles. The van der Waals surface area contributed by atoms with E-state index in [0.29, 0.717) is 12.1 Å². The first kappa shape index (κ1) is 14.5. The number of ether oxygens (including phenoxy) is 1. The number of nitrogens with zero attached hydrogens (tertiary/aromatic N) is 3. The van der Waals surface area contributed by atoms with E-state index in [0.717, 1.165) is 48.4 Å². The standard InChI is InChI=1S/C14H21N5OS/c1-3-10-8-11-12(16-14(18-15)17-13(11)21-10)19-6-4-9(20-2)5-7-19/h8-9H,3-7,15H2,1-2H3,(H,16,17,18). The van der Waals surface area contributed by atoms with E-state index in [9.17, 15) is 0 Å². The van der Waals surface area contributed by atoms with Crippen molar-refractivity contribution in [1.82, 2.24) is 9.97 Å². The highest BCUT2D eigenvalue weighted by atomic mass is 32.1. The highest BCUT2D eigenvalue weighted by Gasteiger charge is 2.23. The lowest BCUT2D eigenvalue weighted by molar-refractivity contribution is 0.0818. The lowest BCUT2D eigenvalue weighted by atomic mass is 10.1. The molecule has 0 bridgehead atoms. The number of nitrogens with two attached hydrogens (primary N) is 1. The van der Waals surface area contributed by atoms with Crippen LogP contribution < -0.4 is 16.2 Å². The maximum absolute atomic E-state index is 5.51. The average molecular weight is 307 g/mol. The molecular weight excluding hydrogens is 286 g/mol. The number of nitrogens with one attached hydrogen (secondary N) is 1. The largest absolute Gasteiger partial charge is 0.381 e. The number of anilines is 2. The van der Waals surface area contributed by atoms with Crippen molar-refractivity contribution in [2.75, 3.05) is 30.5 Å². The number of thiophene rings is 1. The Hall–Kier alpha value is -1.44. The van der Waals surface area contributed by atoms with Crippen LogP contribution in [0.4, 0.5) is 11.8 Å². The van der Waals surface area contributed by atoms with E-state index in [1.807, 2.05) is 0 Å². The number of rotatable bonds is 4. The number of aromatic nitrogens is 2. The molecule has 21 heavy (non-hydrogen) atoms. The zero-order valence-corrected chi connectivity index (χ0v) is 13.2. The molecule has 0 spiro atoms. The first-order chi connectivity index (χ1) is 10.2. The quantitative estimate of drug-likeness (QED) is 0.666. The molecule has 3 N–H and O–H groups in total. The molecule has 1 saturated heterocycles. The molecule has 0 aliphatic carbocycles. The fraction of sp³-hybridized carbons (Fsp3) is 0.571. The molecule has 114 valence electrons. The molecule has 3 rings (SSSR count). The Bertz CT molecular complexity index is 621. The van der Waals surface area contributed by atoms with Crippen molar-refractivity contribution >= 4 is 33.3 Å². The Balaban J connectivity index is 1.98. The molecule has 0 saturated carbocycles. The molecule has 6 nitrogen and oxygen atoms in total. The van der Waals surface area contributed by atoms with E-state index in [1.165, 1.54) is 4.88 Å². The molecule has 2 aromatic rings. The molecule has 7 heteroatoms. The highest BCUT2D eigenvalue weighted by Crippen LogP contribution is 2.33. The Morgan fingerprint density at radius 2 is 2.19 bits per heavy atom. The summed E-state index contributed by atoms with van der Waals surface area (Å²) in [7, 11) is 1.78. The van der Waals surface area contributed by atoms with E-state index in [-0.39, 0.29) is 0 Å². The second-order valence-corrected chi connectivity index (χ2v) is 6.34. The van der Waals surface area contributed by atoms with Gasteiger partial charge in [0, 0.05) is 25.1 Å². The van der Waals surface area contributed by atoms with Gasteiger partial charge < -0.3 is 9.64 Å². The van der Waals surface area contributed by atoms with Crippen LogP contribution in [0.3, 0.4) is 0 Å². The second kappa shape index (κ2) is 6.13. The summed E-state index contributed by atoms with van der Waals surface area (Å²) in [6.45, 7) is 4.06. The second-order valence-electron chi connectivity index (χ2n) is 5.22. The molecule has 2 aromatic heterocycles. The number of nitrogen functional groups attached to an aromatic ring is 1. The summed E-state index contributed by atoms with van der Waals surface area (Å²) in [6, 6.07) is 2.21. The topological polar surface area (TPSA) is 76.3 Å². The summed E-state index contributed by atoms with van der Waals surface area (Å²) >= 11 is 1.71. The van der Waals surface area contributed by atoms with E-state index in [1.54, 1.807) is 18.4 Å². The van der Waals surface area contributed by atoms with Crippen LogP contribution in [0, 0.1) is 0 Å². The number of fused-ring (bicyclic) bond motifs is 1. The van der Waals surface area contributed by atoms with Gasteiger partial charge in [0.25, 0.3) is 0 Å². The summed E-state index contributed by atoms with van der Waals surface area (Å²) in [4.78, 5) is 13.7.